The van der Waals surface area contributed by atoms with Crippen LogP contribution in [0.1, 0.15) is 0 Å². The zero-order chi connectivity index (χ0) is 5.98. The van der Waals surface area contributed by atoms with Gasteiger partial charge in [0.1, 0.15) is 0 Å². The predicted octanol–water partition coefficient (Wildman–Crippen LogP) is -0.682. The summed E-state index contributed by atoms with van der Waals surface area (Å²) >= 11 is 0. The van der Waals surface area contributed by atoms with Gasteiger partial charge in [0.15, 0.2) is 6.33 Å². The van der Waals surface area contributed by atoms with Gasteiger partial charge in [-0.15, -0.1) is 0 Å². The molecule has 0 unspecified atom stereocenters. The van der Waals surface area contributed by atoms with Crippen LogP contribution in [0.3, 0.4) is 0 Å². The lowest BCUT2D eigenvalue weighted by Gasteiger charge is -1.84. The normalized spacial score (nSPS) is 9.00. The van der Waals surface area contributed by atoms with Gasteiger partial charge in [-0.3, -0.25) is 0 Å². The van der Waals surface area contributed by atoms with E-state index in [0.29, 0.717) is 4.79 Å². The summed E-state index contributed by atoms with van der Waals surface area (Å²) in [5, 5.41) is 12.3. The van der Waals surface area contributed by atoms with Gasteiger partial charge >= 0.3 is 0 Å². The molecule has 42 valence electrons. The fourth-order valence-electron chi connectivity index (χ4n) is 0.286. The predicted molar refractivity (Wildman–Crippen MR) is 22.4 cm³/mol. The van der Waals surface area contributed by atoms with Crippen molar-refractivity contribution in [2.24, 2.45) is 0 Å². The average Bonchev–Trinajstić information content (AvgIpc) is 2.12. The highest BCUT2D eigenvalue weighted by Crippen LogP contribution is 1.73. The molecule has 0 radical (unpaired) electrons. The van der Waals surface area contributed by atoms with Gasteiger partial charge in [0, 0.05) is 4.79 Å². The highest BCUT2D eigenvalue weighted by atomic mass is 16.7. The van der Waals surface area contributed by atoms with Gasteiger partial charge in [-0.05, 0) is 0 Å². The molecule has 0 N–H and O–H groups in total. The molecule has 0 saturated heterocycles. The van der Waals surface area contributed by atoms with Crippen molar-refractivity contribution in [1.82, 2.24) is 14.9 Å². The molecule has 0 bridgehead atoms. The lowest BCUT2D eigenvalue weighted by Crippen LogP contribution is -2.07. The molecule has 1 aromatic heterocycles. The standard InChI is InChI=1S/C2H2N4O2/c7-6(8)5-2-3-1-4-5/h1-2H. The molecule has 0 atom stereocenters. The van der Waals surface area contributed by atoms with Crippen molar-refractivity contribution in [3.63, 3.8) is 0 Å². The molecule has 0 saturated carbocycles. The Hall–Kier alpha value is -1.46. The van der Waals surface area contributed by atoms with Crippen LogP contribution in [-0.4, -0.2) is 19.9 Å². The van der Waals surface area contributed by atoms with E-state index in [1.54, 1.807) is 0 Å². The minimum absolute atomic E-state index is 0.528. The van der Waals surface area contributed by atoms with E-state index < -0.39 is 5.03 Å². The highest BCUT2D eigenvalue weighted by molar-refractivity contribution is 4.47. The van der Waals surface area contributed by atoms with E-state index in [1.165, 1.54) is 0 Å². The number of nitrogens with zero attached hydrogens (tertiary/aromatic N) is 4. The molecule has 1 rings (SSSR count). The van der Waals surface area contributed by atoms with Gasteiger partial charge in [-0.25, -0.2) is 0 Å². The second-order valence-electron chi connectivity index (χ2n) is 1.05. The summed E-state index contributed by atoms with van der Waals surface area (Å²) in [7, 11) is 0. The number of nitro groups is 1. The van der Waals surface area contributed by atoms with E-state index in [0.717, 1.165) is 12.7 Å². The van der Waals surface area contributed by atoms with Crippen molar-refractivity contribution < 1.29 is 5.03 Å². The maximum absolute atomic E-state index is 9.73. The van der Waals surface area contributed by atoms with E-state index in [4.69, 9.17) is 0 Å². The van der Waals surface area contributed by atoms with Crippen molar-refractivity contribution in [1.29, 1.82) is 0 Å². The van der Waals surface area contributed by atoms with Gasteiger partial charge in [-0.2, -0.15) is 4.98 Å². The van der Waals surface area contributed by atoms with Gasteiger partial charge in [-0.1, -0.05) is 0 Å². The molecule has 0 spiro atoms. The van der Waals surface area contributed by atoms with Crippen LogP contribution in [0.25, 0.3) is 0 Å². The van der Waals surface area contributed by atoms with Crippen LogP contribution in [-0.2, 0) is 0 Å². The van der Waals surface area contributed by atoms with Crippen LogP contribution in [0, 0.1) is 10.1 Å². The van der Waals surface area contributed by atoms with Gasteiger partial charge in [0.2, 0.25) is 0 Å². The Balaban J connectivity index is 2.93. The summed E-state index contributed by atoms with van der Waals surface area (Å²) in [6.07, 6.45) is 2.11. The molecule has 0 aliphatic rings. The average molecular weight is 114 g/mol. The van der Waals surface area contributed by atoms with E-state index in [2.05, 4.69) is 10.1 Å². The van der Waals surface area contributed by atoms with Crippen LogP contribution >= 0.6 is 0 Å². The van der Waals surface area contributed by atoms with Crippen molar-refractivity contribution in [3.8, 4) is 0 Å². The van der Waals surface area contributed by atoms with E-state index in [1.807, 2.05) is 0 Å². The van der Waals surface area contributed by atoms with Crippen LogP contribution in [0.5, 0.6) is 0 Å². The maximum Gasteiger partial charge on any atom is 0.258 e. The first-order valence-electron chi connectivity index (χ1n) is 1.80. The second kappa shape index (κ2) is 1.57. The summed E-state index contributed by atoms with van der Waals surface area (Å²) in [6.45, 7) is 0. The van der Waals surface area contributed by atoms with Crippen LogP contribution in [0.4, 0.5) is 0 Å². The molecule has 0 aliphatic carbocycles. The Labute approximate surface area is 43.9 Å². The first kappa shape index (κ1) is 4.69. The zero-order valence-electron chi connectivity index (χ0n) is 3.76. The smallest absolute Gasteiger partial charge is 0.258 e. The quantitative estimate of drug-likeness (QED) is 0.358. The first-order chi connectivity index (χ1) is 3.80. The molecule has 8 heavy (non-hydrogen) atoms. The Kier molecular flexibility index (Phi) is 0.918. The molecule has 0 amide bonds. The van der Waals surface area contributed by atoms with E-state index >= 15 is 0 Å². The third kappa shape index (κ3) is 0.625. The maximum atomic E-state index is 9.73. The van der Waals surface area contributed by atoms with Crippen LogP contribution in [0.2, 0.25) is 0 Å². The monoisotopic (exact) mass is 114 g/mol. The van der Waals surface area contributed by atoms with Crippen LogP contribution in [0.15, 0.2) is 12.7 Å². The van der Waals surface area contributed by atoms with E-state index in [-0.39, 0.29) is 0 Å². The highest BCUT2D eigenvalue weighted by Gasteiger charge is 1.96. The number of aromatic nitrogens is 3. The first-order valence-corrected chi connectivity index (χ1v) is 1.80. The minimum atomic E-state index is -0.674. The van der Waals surface area contributed by atoms with Gasteiger partial charge in [0.25, 0.3) is 6.33 Å². The Morgan fingerprint density at radius 2 is 2.50 bits per heavy atom. The Morgan fingerprint density at radius 3 is 2.75 bits per heavy atom. The molecule has 6 nitrogen and oxygen atoms in total. The topological polar surface area (TPSA) is 73.8 Å². The molecule has 0 aliphatic heterocycles. The number of hydrogen-bond donors (Lipinski definition) is 0. The largest absolute Gasteiger partial charge is 0.339 e. The lowest BCUT2D eigenvalue weighted by molar-refractivity contribution is -0.553. The zero-order valence-corrected chi connectivity index (χ0v) is 3.76. The summed E-state index contributed by atoms with van der Waals surface area (Å²) in [6, 6.07) is 0. The Morgan fingerprint density at radius 1 is 1.75 bits per heavy atom. The lowest BCUT2D eigenvalue weighted by atomic mass is 11.3. The molecule has 6 heteroatoms. The Bertz CT molecular complexity index is 180. The fraction of sp³-hybridized carbons (Fsp3) is 0. The van der Waals surface area contributed by atoms with Crippen LogP contribution < -0.4 is 0 Å². The third-order valence-electron chi connectivity index (χ3n) is 0.574. The summed E-state index contributed by atoms with van der Waals surface area (Å²) in [5.74, 6) is 0. The number of hydrogen-bond acceptors (Lipinski definition) is 4. The molecule has 0 fully saturated rings. The van der Waals surface area contributed by atoms with E-state index in [9.17, 15) is 10.1 Å². The van der Waals surface area contributed by atoms with Gasteiger partial charge in [0.05, 0.1) is 10.1 Å². The van der Waals surface area contributed by atoms with Crippen molar-refractivity contribution in [2.75, 3.05) is 0 Å². The summed E-state index contributed by atoms with van der Waals surface area (Å²) in [5.41, 5.74) is 0. The second-order valence-corrected chi connectivity index (χ2v) is 1.05. The van der Waals surface area contributed by atoms with Gasteiger partial charge < -0.3 is 10.1 Å². The summed E-state index contributed by atoms with van der Waals surface area (Å²) < 4.78 is 0. The molecular formula is C2H2N4O2. The SMILES string of the molecule is O=[N+]([O-])n1cncn1. The third-order valence-corrected chi connectivity index (χ3v) is 0.574. The minimum Gasteiger partial charge on any atom is -0.339 e. The van der Waals surface area contributed by atoms with Crippen molar-refractivity contribution in [3.05, 3.63) is 22.8 Å². The van der Waals surface area contributed by atoms with Crippen molar-refractivity contribution >= 4 is 0 Å². The number of rotatable bonds is 1. The summed E-state index contributed by atoms with van der Waals surface area (Å²) in [4.78, 5) is 13.6. The fourth-order valence-corrected chi connectivity index (χ4v) is 0.286. The molecule has 1 heterocycles. The molecule has 0 aromatic carbocycles. The molecule has 1 aromatic rings. The molecular weight excluding hydrogens is 112 g/mol. The van der Waals surface area contributed by atoms with Crippen molar-refractivity contribution in [2.45, 2.75) is 0 Å².